The van der Waals surface area contributed by atoms with Crippen LogP contribution in [0.5, 0.6) is 0 Å². The van der Waals surface area contributed by atoms with Gasteiger partial charge in [-0.1, -0.05) is 13.3 Å². The average molecular weight is 478 g/mol. The summed E-state index contributed by atoms with van der Waals surface area (Å²) < 4.78 is 0.926. The molecule has 1 saturated carbocycles. The summed E-state index contributed by atoms with van der Waals surface area (Å²) in [6.45, 7) is 4.41. The lowest BCUT2D eigenvalue weighted by molar-refractivity contribution is -0.139. The van der Waals surface area contributed by atoms with E-state index in [2.05, 4.69) is 38.1 Å². The largest absolute Gasteiger partial charge is 0.353 e. The highest BCUT2D eigenvalue weighted by molar-refractivity contribution is 9.10. The number of hydrogen-bond acceptors (Lipinski definition) is 5. The van der Waals surface area contributed by atoms with Crippen molar-refractivity contribution in [3.05, 3.63) is 22.8 Å². The van der Waals surface area contributed by atoms with Gasteiger partial charge in [-0.25, -0.2) is 9.78 Å². The van der Waals surface area contributed by atoms with Gasteiger partial charge in [0.25, 0.3) is 5.91 Å². The Bertz CT molecular complexity index is 814. The van der Waals surface area contributed by atoms with E-state index in [0.717, 1.165) is 34.5 Å². The minimum Gasteiger partial charge on any atom is -0.353 e. The first-order valence-electron chi connectivity index (χ1n) is 10.7. The summed E-state index contributed by atoms with van der Waals surface area (Å²) >= 11 is 3.38. The van der Waals surface area contributed by atoms with Crippen LogP contribution in [0.25, 0.3) is 0 Å². The lowest BCUT2D eigenvalue weighted by atomic mass is 9.75. The minimum absolute atomic E-state index is 0.179. The number of halogens is 1. The van der Waals surface area contributed by atoms with Gasteiger partial charge in [0, 0.05) is 36.8 Å². The number of piperazine rings is 1. The predicted octanol–water partition coefficient (Wildman–Crippen LogP) is 2.38. The third-order valence-electron chi connectivity index (χ3n) is 6.74. The van der Waals surface area contributed by atoms with Gasteiger partial charge in [0.2, 0.25) is 5.91 Å². The number of urea groups is 1. The van der Waals surface area contributed by atoms with E-state index in [1.807, 2.05) is 12.1 Å². The maximum Gasteiger partial charge on any atom is 0.325 e. The Hall–Kier alpha value is -2.16. The van der Waals surface area contributed by atoms with E-state index < -0.39 is 11.6 Å². The van der Waals surface area contributed by atoms with E-state index in [0.29, 0.717) is 44.9 Å². The highest BCUT2D eigenvalue weighted by Gasteiger charge is 2.52. The number of hydrogen-bond donors (Lipinski definition) is 1. The normalized spacial score (nSPS) is 27.0. The Morgan fingerprint density at radius 2 is 1.90 bits per heavy atom. The smallest absolute Gasteiger partial charge is 0.325 e. The Morgan fingerprint density at radius 1 is 1.20 bits per heavy atom. The first-order chi connectivity index (χ1) is 14.4. The number of carbonyl (C=O) groups excluding carboxylic acids is 3. The molecule has 3 aliphatic rings. The molecule has 1 N–H and O–H groups in total. The summed E-state index contributed by atoms with van der Waals surface area (Å²) in [6.07, 6.45) is 6.07. The molecule has 1 aromatic heterocycles. The van der Waals surface area contributed by atoms with Gasteiger partial charge in [0.05, 0.1) is 0 Å². The van der Waals surface area contributed by atoms with Gasteiger partial charge in [-0.05, 0) is 59.7 Å². The molecule has 1 aliphatic carbocycles. The molecule has 0 bridgehead atoms. The van der Waals surface area contributed by atoms with Crippen LogP contribution in [-0.4, -0.2) is 70.9 Å². The molecule has 3 fully saturated rings. The standard InChI is InChI=1S/C21H28BrN5O3/c1-2-15-5-7-21(8-6-15)19(29)27(20(30)24-21)14-18(28)26-11-9-25(10-12-26)17-4-3-16(22)13-23-17/h3-4,13,15H,2,5-12,14H2,1H3,(H,24,30). The molecule has 1 spiro atoms. The van der Waals surface area contributed by atoms with Gasteiger partial charge < -0.3 is 15.1 Å². The molecule has 9 heteroatoms. The van der Waals surface area contributed by atoms with Gasteiger partial charge in [-0.2, -0.15) is 0 Å². The van der Waals surface area contributed by atoms with Crippen LogP contribution >= 0.6 is 15.9 Å². The van der Waals surface area contributed by atoms with Crippen LogP contribution in [0.3, 0.4) is 0 Å². The van der Waals surface area contributed by atoms with Crippen molar-refractivity contribution in [2.24, 2.45) is 5.92 Å². The maximum absolute atomic E-state index is 13.0. The Kier molecular flexibility index (Phi) is 5.99. The summed E-state index contributed by atoms with van der Waals surface area (Å²) in [5.41, 5.74) is -0.797. The summed E-state index contributed by atoms with van der Waals surface area (Å²) in [7, 11) is 0. The van der Waals surface area contributed by atoms with Crippen molar-refractivity contribution in [2.75, 3.05) is 37.6 Å². The number of imide groups is 1. The molecule has 4 rings (SSSR count). The van der Waals surface area contributed by atoms with Gasteiger partial charge in [-0.3, -0.25) is 14.5 Å². The SMILES string of the molecule is CCC1CCC2(CC1)NC(=O)N(CC(=O)N1CCN(c3ccc(Br)cn3)CC1)C2=O. The van der Waals surface area contributed by atoms with E-state index in [-0.39, 0.29) is 18.4 Å². The van der Waals surface area contributed by atoms with Crippen LogP contribution in [0.4, 0.5) is 10.6 Å². The van der Waals surface area contributed by atoms with Crippen LogP contribution < -0.4 is 10.2 Å². The van der Waals surface area contributed by atoms with Gasteiger partial charge in [0.1, 0.15) is 17.9 Å². The summed E-state index contributed by atoms with van der Waals surface area (Å²) in [5.74, 6) is 1.09. The topological polar surface area (TPSA) is 85.8 Å². The Morgan fingerprint density at radius 3 is 2.50 bits per heavy atom. The molecule has 2 aliphatic heterocycles. The van der Waals surface area contributed by atoms with Crippen molar-refractivity contribution >= 4 is 39.6 Å². The number of aromatic nitrogens is 1. The molecule has 1 aromatic rings. The van der Waals surface area contributed by atoms with Crippen LogP contribution in [0.1, 0.15) is 39.0 Å². The fourth-order valence-corrected chi connectivity index (χ4v) is 4.95. The molecule has 0 aromatic carbocycles. The molecular formula is C21H28BrN5O3. The second-order valence-corrected chi connectivity index (χ2v) is 9.37. The van der Waals surface area contributed by atoms with Crippen molar-refractivity contribution < 1.29 is 14.4 Å². The number of nitrogens with zero attached hydrogens (tertiary/aromatic N) is 4. The number of nitrogens with one attached hydrogen (secondary N) is 1. The van der Waals surface area contributed by atoms with Crippen LogP contribution in [0.15, 0.2) is 22.8 Å². The minimum atomic E-state index is -0.797. The zero-order valence-corrected chi connectivity index (χ0v) is 18.9. The molecule has 0 unspecified atom stereocenters. The highest BCUT2D eigenvalue weighted by Crippen LogP contribution is 2.37. The number of amides is 4. The molecule has 30 heavy (non-hydrogen) atoms. The summed E-state index contributed by atoms with van der Waals surface area (Å²) in [5, 5.41) is 2.90. The highest BCUT2D eigenvalue weighted by atomic mass is 79.9. The van der Waals surface area contributed by atoms with E-state index in [1.54, 1.807) is 11.1 Å². The predicted molar refractivity (Wildman–Crippen MR) is 116 cm³/mol. The van der Waals surface area contributed by atoms with Crippen molar-refractivity contribution in [1.82, 2.24) is 20.1 Å². The Balaban J connectivity index is 1.32. The quantitative estimate of drug-likeness (QED) is 0.672. The molecule has 3 heterocycles. The average Bonchev–Trinajstić information content (AvgIpc) is 2.99. The first-order valence-corrected chi connectivity index (χ1v) is 11.5. The third kappa shape index (κ3) is 4.04. The van der Waals surface area contributed by atoms with Gasteiger partial charge in [-0.15, -0.1) is 0 Å². The zero-order chi connectivity index (χ0) is 21.3. The second kappa shape index (κ2) is 8.53. The fourth-order valence-electron chi connectivity index (χ4n) is 4.71. The van der Waals surface area contributed by atoms with E-state index >= 15 is 0 Å². The molecule has 2 saturated heterocycles. The van der Waals surface area contributed by atoms with Crippen molar-refractivity contribution in [1.29, 1.82) is 0 Å². The van der Waals surface area contributed by atoms with Crippen molar-refractivity contribution in [3.8, 4) is 0 Å². The van der Waals surface area contributed by atoms with Gasteiger partial charge in [0.15, 0.2) is 0 Å². The number of rotatable bonds is 4. The van der Waals surface area contributed by atoms with Crippen molar-refractivity contribution in [3.63, 3.8) is 0 Å². The fraction of sp³-hybridized carbons (Fsp3) is 0.619. The van der Waals surface area contributed by atoms with E-state index in [1.165, 1.54) is 0 Å². The number of anilines is 1. The molecule has 0 atom stereocenters. The monoisotopic (exact) mass is 477 g/mol. The number of pyridine rings is 1. The molecule has 162 valence electrons. The zero-order valence-electron chi connectivity index (χ0n) is 17.3. The molecular weight excluding hydrogens is 450 g/mol. The van der Waals surface area contributed by atoms with Crippen LogP contribution in [0, 0.1) is 5.92 Å². The third-order valence-corrected chi connectivity index (χ3v) is 7.21. The van der Waals surface area contributed by atoms with E-state index in [9.17, 15) is 14.4 Å². The summed E-state index contributed by atoms with van der Waals surface area (Å²) in [6, 6.07) is 3.46. The van der Waals surface area contributed by atoms with Crippen LogP contribution in [-0.2, 0) is 9.59 Å². The first kappa shape index (κ1) is 21.1. The summed E-state index contributed by atoms with van der Waals surface area (Å²) in [4.78, 5) is 47.7. The number of carbonyl (C=O) groups is 3. The van der Waals surface area contributed by atoms with Crippen LogP contribution in [0.2, 0.25) is 0 Å². The molecule has 4 amide bonds. The molecule has 8 nitrogen and oxygen atoms in total. The van der Waals surface area contributed by atoms with E-state index in [4.69, 9.17) is 0 Å². The van der Waals surface area contributed by atoms with Crippen molar-refractivity contribution in [2.45, 2.75) is 44.6 Å². The van der Waals surface area contributed by atoms with Gasteiger partial charge >= 0.3 is 6.03 Å². The lowest BCUT2D eigenvalue weighted by Gasteiger charge is -2.36. The maximum atomic E-state index is 13.0. The Labute approximate surface area is 185 Å². The molecule has 0 radical (unpaired) electrons. The lowest BCUT2D eigenvalue weighted by Crippen LogP contribution is -2.53. The second-order valence-electron chi connectivity index (χ2n) is 8.46.